The van der Waals surface area contributed by atoms with Crippen LogP contribution >= 0.6 is 0 Å². The average Bonchev–Trinajstić information content (AvgIpc) is 2.75. The van der Waals surface area contributed by atoms with Crippen molar-refractivity contribution in [3.8, 4) is 11.3 Å². The highest BCUT2D eigenvalue weighted by molar-refractivity contribution is 7.90. The third kappa shape index (κ3) is 6.04. The van der Waals surface area contributed by atoms with Crippen molar-refractivity contribution in [2.75, 3.05) is 5.75 Å². The number of aromatic nitrogens is 1. The Kier molecular flexibility index (Phi) is 6.92. The number of rotatable bonds is 6. The first-order valence-corrected chi connectivity index (χ1v) is 11.6. The van der Waals surface area contributed by atoms with Crippen molar-refractivity contribution in [3.05, 3.63) is 65.2 Å². The molecule has 0 fully saturated rings. The number of halogens is 6. The minimum absolute atomic E-state index is 0.000509. The average molecular weight is 504 g/mol. The van der Waals surface area contributed by atoms with Crippen LogP contribution in [0.5, 0.6) is 0 Å². The summed E-state index contributed by atoms with van der Waals surface area (Å²) in [5.74, 6) is -1.08. The summed E-state index contributed by atoms with van der Waals surface area (Å²) in [5, 5.41) is 0.338. The fourth-order valence-electron chi connectivity index (χ4n) is 3.12. The Morgan fingerprint density at radius 1 is 0.912 bits per heavy atom. The van der Waals surface area contributed by atoms with Crippen LogP contribution in [0.25, 0.3) is 22.2 Å². The molecule has 0 radical (unpaired) electrons. The molecule has 0 aliphatic heterocycles. The Morgan fingerprint density at radius 2 is 1.53 bits per heavy atom. The van der Waals surface area contributed by atoms with Crippen molar-refractivity contribution in [1.29, 1.82) is 0 Å². The maximum atomic E-state index is 13.1. The number of hydrogen-bond donors (Lipinski definition) is 1. The Balaban J connectivity index is 1.97. The van der Waals surface area contributed by atoms with Gasteiger partial charge in [0.2, 0.25) is 10.0 Å². The molecule has 3 aromatic rings. The van der Waals surface area contributed by atoms with Crippen LogP contribution in [-0.4, -0.2) is 25.1 Å². The van der Waals surface area contributed by atoms with Crippen molar-refractivity contribution in [2.24, 2.45) is 0 Å². The van der Waals surface area contributed by atoms with E-state index in [1.807, 2.05) is 4.72 Å². The van der Waals surface area contributed by atoms with E-state index in [-0.39, 0.29) is 34.2 Å². The monoisotopic (exact) mass is 504 g/mol. The SMILES string of the molecule is CCCCS(=O)(=O)NC(=O)c1ccc2nc(-c3cc(C(F)(F)F)cc(C(F)(F)F)c3)ccc2c1. The van der Waals surface area contributed by atoms with Crippen LogP contribution in [0.4, 0.5) is 26.3 Å². The predicted molar refractivity (Wildman–Crippen MR) is 113 cm³/mol. The van der Waals surface area contributed by atoms with E-state index in [1.54, 1.807) is 6.92 Å². The highest BCUT2D eigenvalue weighted by atomic mass is 32.2. The van der Waals surface area contributed by atoms with Gasteiger partial charge in [-0.25, -0.2) is 18.1 Å². The topological polar surface area (TPSA) is 76.1 Å². The van der Waals surface area contributed by atoms with Crippen molar-refractivity contribution in [3.63, 3.8) is 0 Å². The van der Waals surface area contributed by atoms with Crippen LogP contribution in [0.1, 0.15) is 41.3 Å². The maximum Gasteiger partial charge on any atom is 0.416 e. The molecule has 0 aliphatic rings. The molecule has 5 nitrogen and oxygen atoms in total. The number of fused-ring (bicyclic) bond motifs is 1. The van der Waals surface area contributed by atoms with Crippen molar-refractivity contribution in [2.45, 2.75) is 32.1 Å². The number of carbonyl (C=O) groups is 1. The summed E-state index contributed by atoms with van der Waals surface area (Å²) in [7, 11) is -3.82. The Bertz CT molecular complexity index is 1300. The molecule has 3 rings (SSSR count). The standard InChI is InChI=1S/C22H18F6N2O3S/c1-2-3-8-34(32,33)30-20(31)14-5-7-18-13(9-14)4-6-19(29-18)15-10-16(21(23,24)25)12-17(11-15)22(26,27)28/h4-7,9-12H,2-3,8H2,1H3,(H,30,31). The van der Waals surface area contributed by atoms with Gasteiger partial charge in [-0.3, -0.25) is 4.79 Å². The largest absolute Gasteiger partial charge is 0.416 e. The summed E-state index contributed by atoms with van der Waals surface area (Å²) >= 11 is 0. The van der Waals surface area contributed by atoms with Crippen LogP contribution in [0, 0.1) is 0 Å². The maximum absolute atomic E-state index is 13.1. The third-order valence-electron chi connectivity index (χ3n) is 4.85. The molecular formula is C22H18F6N2O3S. The van der Waals surface area contributed by atoms with E-state index < -0.39 is 39.4 Å². The fraction of sp³-hybridized carbons (Fsp3) is 0.273. The second-order valence-electron chi connectivity index (χ2n) is 7.50. The first-order valence-electron chi connectivity index (χ1n) is 9.95. The Morgan fingerprint density at radius 3 is 2.09 bits per heavy atom. The van der Waals surface area contributed by atoms with Gasteiger partial charge in [0.1, 0.15) is 0 Å². The molecular weight excluding hydrogens is 486 g/mol. The van der Waals surface area contributed by atoms with Gasteiger partial charge >= 0.3 is 12.4 Å². The van der Waals surface area contributed by atoms with Gasteiger partial charge in [-0.15, -0.1) is 0 Å². The second kappa shape index (κ2) is 9.24. The van der Waals surface area contributed by atoms with E-state index in [4.69, 9.17) is 0 Å². The minimum atomic E-state index is -4.99. The van der Waals surface area contributed by atoms with Gasteiger partial charge in [0.15, 0.2) is 0 Å². The normalized spacial score (nSPS) is 12.7. The van der Waals surface area contributed by atoms with E-state index in [2.05, 4.69) is 4.98 Å². The number of benzene rings is 2. The van der Waals surface area contributed by atoms with E-state index in [9.17, 15) is 39.6 Å². The fourth-order valence-corrected chi connectivity index (χ4v) is 4.29. The highest BCUT2D eigenvalue weighted by Crippen LogP contribution is 2.38. The zero-order chi connectivity index (χ0) is 25.3. The molecule has 0 spiro atoms. The van der Waals surface area contributed by atoms with Gasteiger partial charge in [-0.05, 0) is 48.9 Å². The third-order valence-corrected chi connectivity index (χ3v) is 6.17. The van der Waals surface area contributed by atoms with E-state index in [1.165, 1.54) is 30.3 Å². The molecule has 0 bridgehead atoms. The molecule has 1 N–H and O–H groups in total. The molecule has 1 heterocycles. The number of amides is 1. The van der Waals surface area contributed by atoms with Crippen molar-refractivity contribution >= 4 is 26.8 Å². The zero-order valence-electron chi connectivity index (χ0n) is 17.6. The smallest absolute Gasteiger partial charge is 0.268 e. The van der Waals surface area contributed by atoms with Gasteiger partial charge in [0.05, 0.1) is 28.1 Å². The van der Waals surface area contributed by atoms with Crippen LogP contribution in [-0.2, 0) is 22.4 Å². The number of pyridine rings is 1. The summed E-state index contributed by atoms with van der Waals surface area (Å²) < 4.78 is 105. The Hall–Kier alpha value is -3.15. The molecule has 34 heavy (non-hydrogen) atoms. The van der Waals surface area contributed by atoms with Crippen LogP contribution < -0.4 is 4.72 Å². The lowest BCUT2D eigenvalue weighted by Gasteiger charge is -2.14. The summed E-state index contributed by atoms with van der Waals surface area (Å²) in [5.41, 5.74) is -3.25. The van der Waals surface area contributed by atoms with Gasteiger partial charge in [0, 0.05) is 16.5 Å². The first kappa shape index (κ1) is 25.5. The number of nitrogens with one attached hydrogen (secondary N) is 1. The molecule has 0 saturated carbocycles. The number of nitrogens with zero attached hydrogens (tertiary/aromatic N) is 1. The Labute approximate surface area is 190 Å². The lowest BCUT2D eigenvalue weighted by molar-refractivity contribution is -0.143. The quantitative estimate of drug-likeness (QED) is 0.431. The summed E-state index contributed by atoms with van der Waals surface area (Å²) in [6.07, 6.45) is -8.99. The molecule has 1 aromatic heterocycles. The molecule has 0 aliphatic carbocycles. The molecule has 0 saturated heterocycles. The molecule has 182 valence electrons. The molecule has 0 atom stereocenters. The lowest BCUT2D eigenvalue weighted by Crippen LogP contribution is -2.32. The minimum Gasteiger partial charge on any atom is -0.268 e. The van der Waals surface area contributed by atoms with Crippen LogP contribution in [0.3, 0.4) is 0 Å². The predicted octanol–water partition coefficient (Wildman–Crippen LogP) is 5.80. The second-order valence-corrected chi connectivity index (χ2v) is 9.34. The van der Waals surface area contributed by atoms with Gasteiger partial charge in [-0.2, -0.15) is 26.3 Å². The van der Waals surface area contributed by atoms with Crippen molar-refractivity contribution < 1.29 is 39.6 Å². The van der Waals surface area contributed by atoms with Gasteiger partial charge in [-0.1, -0.05) is 19.4 Å². The van der Waals surface area contributed by atoms with Crippen LogP contribution in [0.2, 0.25) is 0 Å². The lowest BCUT2D eigenvalue weighted by atomic mass is 10.0. The van der Waals surface area contributed by atoms with Gasteiger partial charge < -0.3 is 0 Å². The summed E-state index contributed by atoms with van der Waals surface area (Å²) in [6.45, 7) is 1.80. The molecule has 1 amide bonds. The molecule has 2 aromatic carbocycles. The molecule has 0 unspecified atom stereocenters. The van der Waals surface area contributed by atoms with Gasteiger partial charge in [0.25, 0.3) is 5.91 Å². The zero-order valence-corrected chi connectivity index (χ0v) is 18.4. The number of hydrogen-bond acceptors (Lipinski definition) is 4. The first-order chi connectivity index (χ1) is 15.7. The highest BCUT2D eigenvalue weighted by Gasteiger charge is 2.37. The van der Waals surface area contributed by atoms with E-state index in [0.29, 0.717) is 30.4 Å². The number of sulfonamides is 1. The number of alkyl halides is 6. The number of carbonyl (C=O) groups excluding carboxylic acids is 1. The summed E-state index contributed by atoms with van der Waals surface area (Å²) in [4.78, 5) is 16.4. The number of unbranched alkanes of at least 4 members (excludes halogenated alkanes) is 1. The molecule has 12 heteroatoms. The van der Waals surface area contributed by atoms with E-state index >= 15 is 0 Å². The van der Waals surface area contributed by atoms with E-state index in [0.717, 1.165) is 0 Å². The summed E-state index contributed by atoms with van der Waals surface area (Å²) in [6, 6.07) is 7.68. The van der Waals surface area contributed by atoms with Crippen LogP contribution in [0.15, 0.2) is 48.5 Å². The van der Waals surface area contributed by atoms with Crippen molar-refractivity contribution in [1.82, 2.24) is 9.71 Å².